The highest BCUT2D eigenvalue weighted by Crippen LogP contribution is 2.39. The lowest BCUT2D eigenvalue weighted by Crippen LogP contribution is -2.34. The van der Waals surface area contributed by atoms with Crippen molar-refractivity contribution in [1.82, 2.24) is 10.2 Å². The van der Waals surface area contributed by atoms with E-state index in [1.165, 1.54) is 29.7 Å². The summed E-state index contributed by atoms with van der Waals surface area (Å²) in [5.41, 5.74) is 7.37. The number of nitrogens with zero attached hydrogens (tertiary/aromatic N) is 1. The second-order valence-electron chi connectivity index (χ2n) is 9.06. The van der Waals surface area contributed by atoms with Gasteiger partial charge in [0.2, 0.25) is 0 Å². The lowest BCUT2D eigenvalue weighted by molar-refractivity contribution is 0.0966. The van der Waals surface area contributed by atoms with Gasteiger partial charge in [-0.2, -0.15) is 0 Å². The van der Waals surface area contributed by atoms with Gasteiger partial charge in [0, 0.05) is 32.5 Å². The van der Waals surface area contributed by atoms with Crippen LogP contribution in [0, 0.1) is 5.92 Å². The Balaban J connectivity index is 0.00000216. The zero-order chi connectivity index (χ0) is 23.4. The largest absolute Gasteiger partial charge is 0.381 e. The molecule has 0 aromatic heterocycles. The van der Waals surface area contributed by atoms with Crippen LogP contribution < -0.4 is 10.6 Å². The molecule has 2 aromatic rings. The number of hydrogen-bond acceptors (Lipinski definition) is 3. The number of allylic oxidation sites excluding steroid dienone is 3. The average molecular weight is 444 g/mol. The number of amides is 1. The van der Waals surface area contributed by atoms with Crippen molar-refractivity contribution in [2.45, 2.75) is 46.2 Å². The van der Waals surface area contributed by atoms with Crippen LogP contribution in [0.3, 0.4) is 0 Å². The maximum atomic E-state index is 12.9. The van der Waals surface area contributed by atoms with Crippen molar-refractivity contribution < 1.29 is 7.65 Å². The van der Waals surface area contributed by atoms with E-state index in [1.807, 2.05) is 61.7 Å². The fraction of sp³-hybridized carbons (Fsp3) is 0.276. The quantitative estimate of drug-likeness (QED) is 0.437. The van der Waals surface area contributed by atoms with Crippen LogP contribution in [0.1, 0.15) is 52.4 Å². The lowest BCUT2D eigenvalue weighted by atomic mass is 10.0. The van der Waals surface area contributed by atoms with Crippen molar-refractivity contribution >= 4 is 11.6 Å². The second-order valence-corrected chi connectivity index (χ2v) is 9.06. The second kappa shape index (κ2) is 9.95. The zero-order valence-corrected chi connectivity index (χ0v) is 19.8. The summed E-state index contributed by atoms with van der Waals surface area (Å²) in [7, 11) is 0. The Bertz CT molecular complexity index is 1120. The molecule has 2 N–H and O–H groups in total. The van der Waals surface area contributed by atoms with Crippen LogP contribution in [0.2, 0.25) is 0 Å². The number of rotatable bonds is 8. The normalized spacial score (nSPS) is 18.3. The van der Waals surface area contributed by atoms with E-state index in [0.29, 0.717) is 11.5 Å². The maximum Gasteiger partial charge on any atom is 0.255 e. The Kier molecular flexibility index (Phi) is 6.83. The molecule has 1 fully saturated rings. The molecule has 4 nitrogen and oxygen atoms in total. The molecule has 1 aliphatic carbocycles. The van der Waals surface area contributed by atoms with Gasteiger partial charge in [-0.25, -0.2) is 0 Å². The van der Waals surface area contributed by atoms with Gasteiger partial charge in [0.15, 0.2) is 0 Å². The number of nitrogens with one attached hydrogen (secondary N) is 2. The summed E-state index contributed by atoms with van der Waals surface area (Å²) in [5, 5.41) is 6.45. The van der Waals surface area contributed by atoms with E-state index in [4.69, 9.17) is 0 Å². The van der Waals surface area contributed by atoms with Crippen molar-refractivity contribution in [3.63, 3.8) is 0 Å². The Labute approximate surface area is 200 Å². The molecule has 2 aliphatic rings. The third kappa shape index (κ3) is 5.64. The van der Waals surface area contributed by atoms with Crippen LogP contribution in [0.25, 0.3) is 0 Å². The van der Waals surface area contributed by atoms with E-state index in [2.05, 4.69) is 54.2 Å². The Morgan fingerprint density at radius 2 is 1.76 bits per heavy atom. The highest BCUT2D eigenvalue weighted by molar-refractivity contribution is 5.95. The van der Waals surface area contributed by atoms with Crippen LogP contribution in [0.15, 0.2) is 102 Å². The van der Waals surface area contributed by atoms with Crippen LogP contribution in [-0.4, -0.2) is 16.8 Å². The van der Waals surface area contributed by atoms with E-state index in [0.717, 1.165) is 23.5 Å². The molecule has 1 amide bonds. The summed E-state index contributed by atoms with van der Waals surface area (Å²) in [4.78, 5) is 15.1. The molecule has 4 heteroatoms. The summed E-state index contributed by atoms with van der Waals surface area (Å²) >= 11 is 0. The van der Waals surface area contributed by atoms with Crippen molar-refractivity contribution in [3.8, 4) is 0 Å². The summed E-state index contributed by atoms with van der Waals surface area (Å²) in [6.45, 7) is 11.4. The third-order valence-corrected chi connectivity index (χ3v) is 6.43. The van der Waals surface area contributed by atoms with Crippen molar-refractivity contribution in [2.24, 2.45) is 5.92 Å². The molecule has 1 atom stereocenters. The van der Waals surface area contributed by atoms with Crippen LogP contribution in [-0.2, 0) is 6.54 Å². The van der Waals surface area contributed by atoms with Crippen LogP contribution in [0.4, 0.5) is 5.69 Å². The molecule has 1 heterocycles. The molecule has 1 unspecified atom stereocenters. The zero-order valence-electron chi connectivity index (χ0n) is 19.8. The van der Waals surface area contributed by atoms with E-state index in [1.54, 1.807) is 0 Å². The van der Waals surface area contributed by atoms with Gasteiger partial charge in [0.05, 0.1) is 11.7 Å². The molecule has 1 aliphatic heterocycles. The molecule has 0 bridgehead atoms. The number of carbonyl (C=O) groups is 1. The van der Waals surface area contributed by atoms with Crippen molar-refractivity contribution in [2.75, 3.05) is 5.32 Å². The molecule has 0 spiro atoms. The van der Waals surface area contributed by atoms with E-state index < -0.39 is 0 Å². The standard InChI is InChI=1S/C29H33N3O.2H2/c1-20(2)28-17-16-27(19-32(28)22(4)21(3)24-10-11-24)31-29(33)25-12-14-26(15-13-25)30-18-23-8-6-5-7-9-23;;/h5-9,12-17,19,24,28,30H,1,10-11,18H2,2-4H3,(H,31,33);2*1H/b22-21+;;. The topological polar surface area (TPSA) is 44.4 Å². The summed E-state index contributed by atoms with van der Waals surface area (Å²) in [6, 6.07) is 17.9. The minimum atomic E-state index is -0.116. The van der Waals surface area contributed by atoms with Gasteiger partial charge in [-0.3, -0.25) is 4.79 Å². The molecule has 1 saturated carbocycles. The number of anilines is 1. The van der Waals surface area contributed by atoms with E-state index >= 15 is 0 Å². The highest BCUT2D eigenvalue weighted by atomic mass is 16.1. The number of carbonyl (C=O) groups excluding carboxylic acids is 1. The van der Waals surface area contributed by atoms with Gasteiger partial charge in [-0.1, -0.05) is 54.1 Å². The Morgan fingerprint density at radius 3 is 2.39 bits per heavy atom. The minimum absolute atomic E-state index is 0. The lowest BCUT2D eigenvalue weighted by Gasteiger charge is -2.34. The minimum Gasteiger partial charge on any atom is -0.381 e. The van der Waals surface area contributed by atoms with Gasteiger partial charge in [-0.15, -0.1) is 0 Å². The van der Waals surface area contributed by atoms with Crippen LogP contribution in [0.5, 0.6) is 0 Å². The molecule has 174 valence electrons. The Hall–Kier alpha value is -3.53. The smallest absolute Gasteiger partial charge is 0.255 e. The first-order valence-corrected chi connectivity index (χ1v) is 11.6. The molecule has 2 aromatic carbocycles. The first-order valence-electron chi connectivity index (χ1n) is 11.6. The summed E-state index contributed by atoms with van der Waals surface area (Å²) in [5.74, 6) is 0.580. The fourth-order valence-corrected chi connectivity index (χ4v) is 4.10. The van der Waals surface area contributed by atoms with Gasteiger partial charge in [0.25, 0.3) is 5.91 Å². The summed E-state index contributed by atoms with van der Waals surface area (Å²) in [6.07, 6.45) is 8.66. The summed E-state index contributed by atoms with van der Waals surface area (Å²) < 4.78 is 0. The highest BCUT2D eigenvalue weighted by Gasteiger charge is 2.28. The molecule has 4 rings (SSSR count). The van der Waals surface area contributed by atoms with Crippen LogP contribution >= 0.6 is 0 Å². The van der Waals surface area contributed by atoms with E-state index in [-0.39, 0.29) is 14.8 Å². The molecule has 33 heavy (non-hydrogen) atoms. The molecular weight excluding hydrogens is 406 g/mol. The molecule has 0 saturated heterocycles. The Morgan fingerprint density at radius 1 is 1.06 bits per heavy atom. The van der Waals surface area contributed by atoms with Gasteiger partial charge < -0.3 is 15.5 Å². The first kappa shape index (κ1) is 22.7. The predicted octanol–water partition coefficient (Wildman–Crippen LogP) is 6.88. The van der Waals surface area contributed by atoms with Crippen molar-refractivity contribution in [1.29, 1.82) is 0 Å². The van der Waals surface area contributed by atoms with Crippen molar-refractivity contribution in [3.05, 3.63) is 113 Å². The first-order chi connectivity index (χ1) is 15.9. The average Bonchev–Trinajstić information content (AvgIpc) is 3.68. The fourth-order valence-electron chi connectivity index (χ4n) is 4.10. The van der Waals surface area contributed by atoms with Gasteiger partial charge in [0.1, 0.15) is 0 Å². The van der Waals surface area contributed by atoms with E-state index in [9.17, 15) is 4.79 Å². The number of hydrogen-bond donors (Lipinski definition) is 2. The molecular formula is C29H37N3O. The van der Waals surface area contributed by atoms with Gasteiger partial charge in [-0.05, 0) is 75.4 Å². The monoisotopic (exact) mass is 443 g/mol. The SMILES string of the molecule is C=C(C)C1C=CC(NC(=O)c2ccc(NCc3ccccc3)cc2)=CN1/C(C)=C(\C)C1CC1.[HH].[HH]. The number of benzene rings is 2. The molecule has 0 radical (unpaired) electrons. The maximum absolute atomic E-state index is 12.9. The predicted molar refractivity (Wildman–Crippen MR) is 141 cm³/mol. The third-order valence-electron chi connectivity index (χ3n) is 6.43. The van der Waals surface area contributed by atoms with Gasteiger partial charge >= 0.3 is 0 Å².